The molecule has 0 saturated carbocycles. The fourth-order valence-electron chi connectivity index (χ4n) is 2.80. The monoisotopic (exact) mass is 357 g/mol. The number of likely N-dealkylation sites (N-methyl/N-ethyl adjacent to an activating group) is 1. The zero-order chi connectivity index (χ0) is 18.3. The van der Waals surface area contributed by atoms with Gasteiger partial charge in [-0.25, -0.2) is 0 Å². The average Bonchev–Trinajstić information content (AvgIpc) is 2.81. The third kappa shape index (κ3) is 3.96. The SMILES string of the molecule is CCn1cc([C@H]2C[C@@H](C(=O)NC(C)(C)C)N(C)S(=O)(=O)N2)c(C)n1. The molecule has 2 heterocycles. The number of hydrogen-bond donors (Lipinski definition) is 2. The maximum Gasteiger partial charge on any atom is 0.280 e. The lowest BCUT2D eigenvalue weighted by Gasteiger charge is -2.37. The lowest BCUT2D eigenvalue weighted by molar-refractivity contribution is -0.126. The molecule has 2 atom stereocenters. The Morgan fingerprint density at radius 1 is 1.46 bits per heavy atom. The molecule has 0 aromatic carbocycles. The molecule has 1 aliphatic rings. The van der Waals surface area contributed by atoms with Crippen LogP contribution in [-0.2, 0) is 21.5 Å². The largest absolute Gasteiger partial charge is 0.350 e. The molecular formula is C15H27N5O3S. The van der Waals surface area contributed by atoms with Crippen LogP contribution in [0.4, 0.5) is 0 Å². The molecule has 2 rings (SSSR count). The van der Waals surface area contributed by atoms with Gasteiger partial charge in [0.25, 0.3) is 10.2 Å². The van der Waals surface area contributed by atoms with E-state index in [4.69, 9.17) is 0 Å². The summed E-state index contributed by atoms with van der Waals surface area (Å²) < 4.78 is 30.4. The van der Waals surface area contributed by atoms with Gasteiger partial charge >= 0.3 is 0 Å². The molecule has 0 radical (unpaired) electrons. The Morgan fingerprint density at radius 2 is 2.08 bits per heavy atom. The van der Waals surface area contributed by atoms with Gasteiger partial charge in [-0.05, 0) is 41.0 Å². The maximum atomic E-state index is 12.6. The van der Waals surface area contributed by atoms with Crippen molar-refractivity contribution in [1.29, 1.82) is 0 Å². The highest BCUT2D eigenvalue weighted by atomic mass is 32.2. The maximum absolute atomic E-state index is 12.6. The third-order valence-corrected chi connectivity index (χ3v) is 5.65. The van der Waals surface area contributed by atoms with Gasteiger partial charge in [0.15, 0.2) is 0 Å². The standard InChI is InChI=1S/C15H27N5O3S/c1-7-20-9-11(10(2)17-20)12-8-13(14(21)16-15(3,4)5)19(6)24(22,23)18-12/h9,12-13,18H,7-8H2,1-6H3,(H,16,21)/t12-,13+/m1/s1. The zero-order valence-electron chi connectivity index (χ0n) is 15.1. The highest BCUT2D eigenvalue weighted by Crippen LogP contribution is 2.29. The van der Waals surface area contributed by atoms with Crippen LogP contribution in [0.2, 0.25) is 0 Å². The van der Waals surface area contributed by atoms with Gasteiger partial charge in [0.2, 0.25) is 5.91 Å². The number of carbonyl (C=O) groups is 1. The minimum Gasteiger partial charge on any atom is -0.350 e. The van der Waals surface area contributed by atoms with Gasteiger partial charge in [-0.15, -0.1) is 0 Å². The number of hydrogen-bond acceptors (Lipinski definition) is 4. The first-order valence-corrected chi connectivity index (χ1v) is 9.50. The van der Waals surface area contributed by atoms with Crippen molar-refractivity contribution < 1.29 is 13.2 Å². The van der Waals surface area contributed by atoms with Crippen molar-refractivity contribution in [3.63, 3.8) is 0 Å². The summed E-state index contributed by atoms with van der Waals surface area (Å²) in [6.07, 6.45) is 2.19. The molecule has 9 heteroatoms. The third-order valence-electron chi connectivity index (χ3n) is 4.05. The van der Waals surface area contributed by atoms with Crippen molar-refractivity contribution in [2.45, 2.75) is 65.2 Å². The molecule has 1 aliphatic heterocycles. The second-order valence-electron chi connectivity index (χ2n) is 7.21. The Balaban J connectivity index is 2.33. The highest BCUT2D eigenvalue weighted by molar-refractivity contribution is 7.87. The summed E-state index contributed by atoms with van der Waals surface area (Å²) in [7, 11) is -2.31. The summed E-state index contributed by atoms with van der Waals surface area (Å²) in [6, 6.07) is -1.23. The minimum absolute atomic E-state index is 0.291. The van der Waals surface area contributed by atoms with Crippen LogP contribution < -0.4 is 10.0 Å². The van der Waals surface area contributed by atoms with E-state index in [1.165, 1.54) is 7.05 Å². The minimum atomic E-state index is -3.74. The van der Waals surface area contributed by atoms with Crippen LogP contribution in [-0.4, -0.2) is 47.0 Å². The second-order valence-corrected chi connectivity index (χ2v) is 8.97. The Bertz CT molecular complexity index is 720. The first kappa shape index (κ1) is 18.9. The molecule has 24 heavy (non-hydrogen) atoms. The molecule has 1 fully saturated rings. The van der Waals surface area contributed by atoms with E-state index in [0.29, 0.717) is 13.0 Å². The zero-order valence-corrected chi connectivity index (χ0v) is 15.9. The van der Waals surface area contributed by atoms with Crippen LogP contribution in [0.25, 0.3) is 0 Å². The van der Waals surface area contributed by atoms with E-state index >= 15 is 0 Å². The summed E-state index contributed by atoms with van der Waals surface area (Å²) in [5.74, 6) is -0.291. The summed E-state index contributed by atoms with van der Waals surface area (Å²) >= 11 is 0. The van der Waals surface area contributed by atoms with Gasteiger partial charge in [-0.1, -0.05) is 0 Å². The molecule has 0 aliphatic carbocycles. The topological polar surface area (TPSA) is 96.3 Å². The van der Waals surface area contributed by atoms with Crippen LogP contribution in [0.5, 0.6) is 0 Å². The normalized spacial score (nSPS) is 24.8. The molecule has 2 N–H and O–H groups in total. The first-order chi connectivity index (χ1) is 10.9. The fourth-order valence-corrected chi connectivity index (χ4v) is 4.07. The van der Waals surface area contributed by atoms with Gasteiger partial charge in [0.05, 0.1) is 11.7 Å². The number of rotatable bonds is 3. The second kappa shape index (κ2) is 6.45. The molecule has 0 unspecified atom stereocenters. The van der Waals surface area contributed by atoms with Crippen LogP contribution >= 0.6 is 0 Å². The first-order valence-electron chi connectivity index (χ1n) is 8.06. The molecule has 1 amide bonds. The van der Waals surface area contributed by atoms with Crippen molar-refractivity contribution in [3.8, 4) is 0 Å². The van der Waals surface area contributed by atoms with Crippen molar-refractivity contribution in [3.05, 3.63) is 17.5 Å². The van der Waals surface area contributed by atoms with Crippen molar-refractivity contribution in [2.24, 2.45) is 0 Å². The summed E-state index contributed by atoms with van der Waals surface area (Å²) in [4.78, 5) is 12.6. The smallest absolute Gasteiger partial charge is 0.280 e. The molecular weight excluding hydrogens is 330 g/mol. The molecule has 1 saturated heterocycles. The van der Waals surface area contributed by atoms with E-state index in [0.717, 1.165) is 15.6 Å². The fraction of sp³-hybridized carbons (Fsp3) is 0.733. The Kier molecular flexibility index (Phi) is 5.08. The molecule has 136 valence electrons. The quantitative estimate of drug-likeness (QED) is 0.832. The highest BCUT2D eigenvalue weighted by Gasteiger charge is 2.42. The van der Waals surface area contributed by atoms with E-state index in [1.807, 2.05) is 40.8 Å². The Hall–Kier alpha value is -1.45. The van der Waals surface area contributed by atoms with Crippen molar-refractivity contribution in [2.75, 3.05) is 7.05 Å². The lowest BCUT2D eigenvalue weighted by atomic mass is 9.99. The van der Waals surface area contributed by atoms with Gasteiger partial charge in [-0.2, -0.15) is 22.5 Å². The van der Waals surface area contributed by atoms with Gasteiger partial charge in [-0.3, -0.25) is 9.48 Å². The van der Waals surface area contributed by atoms with E-state index in [9.17, 15) is 13.2 Å². The van der Waals surface area contributed by atoms with E-state index < -0.39 is 27.8 Å². The number of amides is 1. The summed E-state index contributed by atoms with van der Waals surface area (Å²) in [6.45, 7) is 10.1. The lowest BCUT2D eigenvalue weighted by Crippen LogP contribution is -2.59. The number of aryl methyl sites for hydroxylation is 2. The molecule has 8 nitrogen and oxygen atoms in total. The number of nitrogens with zero attached hydrogens (tertiary/aromatic N) is 3. The predicted molar refractivity (Wildman–Crippen MR) is 91.5 cm³/mol. The van der Waals surface area contributed by atoms with Crippen LogP contribution in [0.1, 0.15) is 51.4 Å². The van der Waals surface area contributed by atoms with Crippen LogP contribution in [0.15, 0.2) is 6.20 Å². The Labute approximate surface area is 143 Å². The van der Waals surface area contributed by atoms with Gasteiger partial charge in [0.1, 0.15) is 6.04 Å². The van der Waals surface area contributed by atoms with E-state index in [2.05, 4.69) is 15.1 Å². The Morgan fingerprint density at radius 3 is 2.58 bits per heavy atom. The van der Waals surface area contributed by atoms with Crippen LogP contribution in [0.3, 0.4) is 0 Å². The number of aromatic nitrogens is 2. The van der Waals surface area contributed by atoms with Gasteiger partial charge < -0.3 is 5.32 Å². The van der Waals surface area contributed by atoms with Gasteiger partial charge in [0, 0.05) is 30.9 Å². The van der Waals surface area contributed by atoms with E-state index in [-0.39, 0.29) is 5.91 Å². The number of nitrogens with one attached hydrogen (secondary N) is 2. The predicted octanol–water partition coefficient (Wildman–Crippen LogP) is 0.706. The number of carbonyl (C=O) groups excluding carboxylic acids is 1. The van der Waals surface area contributed by atoms with Crippen molar-refractivity contribution >= 4 is 16.1 Å². The molecule has 0 bridgehead atoms. The average molecular weight is 357 g/mol. The molecule has 1 aromatic rings. The van der Waals surface area contributed by atoms with Crippen molar-refractivity contribution in [1.82, 2.24) is 24.1 Å². The van der Waals surface area contributed by atoms with Crippen LogP contribution in [0, 0.1) is 6.92 Å². The summed E-state index contributed by atoms with van der Waals surface area (Å²) in [5, 5.41) is 7.23. The molecule has 0 spiro atoms. The summed E-state index contributed by atoms with van der Waals surface area (Å²) in [5.41, 5.74) is 1.15. The van der Waals surface area contributed by atoms with E-state index in [1.54, 1.807) is 4.68 Å². The molecule has 1 aromatic heterocycles.